The monoisotopic (exact) mass is 184 g/mol. The summed E-state index contributed by atoms with van der Waals surface area (Å²) in [7, 11) is 0. The Morgan fingerprint density at radius 2 is 1.38 bits per heavy atom. The molecule has 0 radical (unpaired) electrons. The van der Waals surface area contributed by atoms with E-state index < -0.39 is 36.0 Å². The van der Waals surface area contributed by atoms with Crippen molar-refractivity contribution in [2.75, 3.05) is 0 Å². The molecule has 13 heavy (non-hydrogen) atoms. The number of rotatable bonds is 2. The van der Waals surface area contributed by atoms with E-state index in [0.29, 0.717) is 0 Å². The number of aliphatic carboxylic acids is 2. The summed E-state index contributed by atoms with van der Waals surface area (Å²) in [6.45, 7) is 0. The maximum absolute atomic E-state index is 10.7. The SMILES string of the molecule is O=C(O)[C@H]1[C@H](C(=O)O)[C@H]2C=C[C@@H]1O2. The van der Waals surface area contributed by atoms with Crippen molar-refractivity contribution in [2.45, 2.75) is 12.2 Å². The molecule has 2 aliphatic heterocycles. The minimum Gasteiger partial charge on any atom is -0.481 e. The van der Waals surface area contributed by atoms with Crippen molar-refractivity contribution >= 4 is 11.9 Å². The van der Waals surface area contributed by atoms with Crippen LogP contribution < -0.4 is 0 Å². The Balaban J connectivity index is 2.30. The van der Waals surface area contributed by atoms with Gasteiger partial charge >= 0.3 is 11.9 Å². The number of hydrogen-bond acceptors (Lipinski definition) is 3. The highest BCUT2D eigenvalue weighted by atomic mass is 16.5. The van der Waals surface area contributed by atoms with Gasteiger partial charge in [0.15, 0.2) is 0 Å². The quantitative estimate of drug-likeness (QED) is 0.577. The van der Waals surface area contributed by atoms with Gasteiger partial charge in [-0.15, -0.1) is 0 Å². The smallest absolute Gasteiger partial charge is 0.310 e. The van der Waals surface area contributed by atoms with Crippen molar-refractivity contribution in [1.29, 1.82) is 0 Å². The van der Waals surface area contributed by atoms with Crippen LogP contribution in [0.3, 0.4) is 0 Å². The molecule has 0 aromatic rings. The van der Waals surface area contributed by atoms with Crippen LogP contribution in [0.4, 0.5) is 0 Å². The van der Waals surface area contributed by atoms with Crippen molar-refractivity contribution < 1.29 is 24.5 Å². The Hall–Kier alpha value is -1.36. The maximum atomic E-state index is 10.7. The highest BCUT2D eigenvalue weighted by Crippen LogP contribution is 2.39. The van der Waals surface area contributed by atoms with Gasteiger partial charge < -0.3 is 14.9 Å². The zero-order valence-electron chi connectivity index (χ0n) is 6.58. The van der Waals surface area contributed by atoms with E-state index in [1.807, 2.05) is 0 Å². The molecule has 2 aliphatic rings. The molecule has 0 aliphatic carbocycles. The molecule has 0 aromatic carbocycles. The molecule has 2 rings (SSSR count). The van der Waals surface area contributed by atoms with Gasteiger partial charge in [0.25, 0.3) is 0 Å². The summed E-state index contributed by atoms with van der Waals surface area (Å²) < 4.78 is 5.15. The molecule has 1 saturated heterocycles. The predicted octanol–water partition coefficient (Wildman–Crippen LogP) is -0.275. The Bertz CT molecular complexity index is 267. The van der Waals surface area contributed by atoms with Gasteiger partial charge in [0, 0.05) is 0 Å². The Morgan fingerprint density at radius 3 is 1.69 bits per heavy atom. The zero-order valence-corrected chi connectivity index (χ0v) is 6.58. The molecule has 0 spiro atoms. The van der Waals surface area contributed by atoms with E-state index in [2.05, 4.69) is 0 Å². The normalized spacial score (nSPS) is 40.9. The van der Waals surface area contributed by atoms with Crippen LogP contribution in [-0.4, -0.2) is 34.4 Å². The Labute approximate surface area is 73.6 Å². The number of hydrogen-bond donors (Lipinski definition) is 2. The van der Waals surface area contributed by atoms with Crippen LogP contribution in [0.2, 0.25) is 0 Å². The van der Waals surface area contributed by atoms with E-state index in [9.17, 15) is 9.59 Å². The van der Waals surface area contributed by atoms with Crippen LogP contribution in [-0.2, 0) is 14.3 Å². The first-order valence-electron chi connectivity index (χ1n) is 3.90. The topological polar surface area (TPSA) is 83.8 Å². The summed E-state index contributed by atoms with van der Waals surface area (Å²) >= 11 is 0. The minimum absolute atomic E-state index is 0.566. The highest BCUT2D eigenvalue weighted by Gasteiger charge is 2.53. The lowest BCUT2D eigenvalue weighted by atomic mass is 9.83. The van der Waals surface area contributed by atoms with Crippen molar-refractivity contribution in [1.82, 2.24) is 0 Å². The molecule has 70 valence electrons. The van der Waals surface area contributed by atoms with Gasteiger partial charge in [-0.05, 0) is 0 Å². The maximum Gasteiger partial charge on any atom is 0.310 e. The van der Waals surface area contributed by atoms with Crippen molar-refractivity contribution in [3.8, 4) is 0 Å². The third-order valence-electron chi connectivity index (χ3n) is 2.47. The molecule has 0 amide bonds. The number of carbonyl (C=O) groups is 2. The third kappa shape index (κ3) is 1.04. The van der Waals surface area contributed by atoms with Crippen LogP contribution in [0, 0.1) is 11.8 Å². The average Bonchev–Trinajstić information content (AvgIpc) is 2.60. The van der Waals surface area contributed by atoms with Crippen LogP contribution in [0.15, 0.2) is 12.2 Å². The first-order chi connectivity index (χ1) is 6.11. The average molecular weight is 184 g/mol. The van der Waals surface area contributed by atoms with Crippen molar-refractivity contribution in [3.63, 3.8) is 0 Å². The number of ether oxygens (including phenoxy) is 1. The van der Waals surface area contributed by atoms with Crippen molar-refractivity contribution in [3.05, 3.63) is 12.2 Å². The summed E-state index contributed by atoms with van der Waals surface area (Å²) in [6, 6.07) is 0. The van der Waals surface area contributed by atoms with E-state index in [1.165, 1.54) is 0 Å². The fraction of sp³-hybridized carbons (Fsp3) is 0.500. The fourth-order valence-corrected chi connectivity index (χ4v) is 1.90. The van der Waals surface area contributed by atoms with Gasteiger partial charge in [0.1, 0.15) is 11.8 Å². The molecule has 0 unspecified atom stereocenters. The Kier molecular flexibility index (Phi) is 1.63. The van der Waals surface area contributed by atoms with Gasteiger partial charge in [-0.3, -0.25) is 9.59 Å². The van der Waals surface area contributed by atoms with Gasteiger partial charge in [-0.25, -0.2) is 0 Å². The minimum atomic E-state index is -1.11. The molecule has 0 saturated carbocycles. The molecular weight excluding hydrogens is 176 g/mol. The molecule has 5 nitrogen and oxygen atoms in total. The molecule has 2 heterocycles. The van der Waals surface area contributed by atoms with E-state index in [0.717, 1.165) is 0 Å². The lowest BCUT2D eigenvalue weighted by Gasteiger charge is -2.16. The first-order valence-corrected chi connectivity index (χ1v) is 3.90. The number of carboxylic acid groups (broad SMARTS) is 2. The van der Waals surface area contributed by atoms with Crippen LogP contribution in [0.25, 0.3) is 0 Å². The van der Waals surface area contributed by atoms with Gasteiger partial charge in [0.05, 0.1) is 12.2 Å². The molecule has 2 bridgehead atoms. The summed E-state index contributed by atoms with van der Waals surface area (Å²) in [5, 5.41) is 17.6. The van der Waals surface area contributed by atoms with E-state index in [4.69, 9.17) is 14.9 Å². The molecular formula is C8H8O5. The second-order valence-electron chi connectivity index (χ2n) is 3.18. The molecule has 5 heteroatoms. The number of carboxylic acids is 2. The summed E-state index contributed by atoms with van der Waals surface area (Å²) in [6.07, 6.45) is 2.10. The third-order valence-corrected chi connectivity index (χ3v) is 2.47. The molecule has 4 atom stereocenters. The lowest BCUT2D eigenvalue weighted by Crippen LogP contribution is -2.36. The van der Waals surface area contributed by atoms with Crippen LogP contribution in [0.5, 0.6) is 0 Å². The predicted molar refractivity (Wildman–Crippen MR) is 40.1 cm³/mol. The van der Waals surface area contributed by atoms with Crippen LogP contribution in [0.1, 0.15) is 0 Å². The Morgan fingerprint density at radius 1 is 1.00 bits per heavy atom. The first kappa shape index (κ1) is 8.25. The summed E-state index contributed by atoms with van der Waals surface area (Å²) in [5.74, 6) is -4.09. The van der Waals surface area contributed by atoms with Crippen LogP contribution >= 0.6 is 0 Å². The standard InChI is InChI=1S/C8H8O5/c9-7(10)5-3-1-2-4(13-3)6(5)8(11)12/h1-6H,(H,9,10)(H,11,12)/t3-,4+,5-,6-/m1/s1. The van der Waals surface area contributed by atoms with E-state index in [-0.39, 0.29) is 0 Å². The fourth-order valence-electron chi connectivity index (χ4n) is 1.90. The zero-order chi connectivity index (χ0) is 9.59. The van der Waals surface area contributed by atoms with Gasteiger partial charge in [0.2, 0.25) is 0 Å². The molecule has 1 fully saturated rings. The molecule has 2 N–H and O–H groups in total. The van der Waals surface area contributed by atoms with Gasteiger partial charge in [-0.2, -0.15) is 0 Å². The molecule has 0 aromatic heterocycles. The highest BCUT2D eigenvalue weighted by molar-refractivity contribution is 5.82. The lowest BCUT2D eigenvalue weighted by molar-refractivity contribution is -0.152. The van der Waals surface area contributed by atoms with Gasteiger partial charge in [-0.1, -0.05) is 12.2 Å². The van der Waals surface area contributed by atoms with E-state index in [1.54, 1.807) is 12.2 Å². The second kappa shape index (κ2) is 2.56. The second-order valence-corrected chi connectivity index (χ2v) is 3.18. The summed E-state index contributed by atoms with van der Waals surface area (Å²) in [4.78, 5) is 21.5. The number of fused-ring (bicyclic) bond motifs is 2. The largest absolute Gasteiger partial charge is 0.481 e. The van der Waals surface area contributed by atoms with E-state index >= 15 is 0 Å². The summed E-state index contributed by atoms with van der Waals surface area (Å²) in [5.41, 5.74) is 0. The van der Waals surface area contributed by atoms with Crippen molar-refractivity contribution in [2.24, 2.45) is 11.8 Å².